The van der Waals surface area contributed by atoms with Crippen LogP contribution in [0, 0.1) is 5.82 Å². The zero-order chi connectivity index (χ0) is 9.84. The maximum absolute atomic E-state index is 12.6. The van der Waals surface area contributed by atoms with E-state index in [4.69, 9.17) is 10.5 Å². The second kappa shape index (κ2) is 4.07. The van der Waals surface area contributed by atoms with Crippen molar-refractivity contribution in [2.24, 2.45) is 0 Å². The van der Waals surface area contributed by atoms with Gasteiger partial charge in [0.1, 0.15) is 5.82 Å². The van der Waals surface area contributed by atoms with Crippen LogP contribution in [0.2, 0.25) is 0 Å². The molecular weight excluding hydrogens is 171 g/mol. The summed E-state index contributed by atoms with van der Waals surface area (Å²) in [6, 6.07) is 1.20. The van der Waals surface area contributed by atoms with E-state index in [2.05, 4.69) is 4.98 Å². The number of nitrogen functional groups attached to an aromatic ring is 1. The average Bonchev–Trinajstić information content (AvgIpc) is 2.09. The lowest BCUT2D eigenvalue weighted by Gasteiger charge is -2.12. The zero-order valence-electron chi connectivity index (χ0n) is 7.75. The molecule has 4 heteroatoms. The Hall–Kier alpha value is -1.32. The Balaban J connectivity index is 2.77. The third-order valence-corrected chi connectivity index (χ3v) is 1.73. The van der Waals surface area contributed by atoms with Crippen LogP contribution in [0.5, 0.6) is 5.88 Å². The van der Waals surface area contributed by atoms with Gasteiger partial charge in [0.2, 0.25) is 5.88 Å². The summed E-state index contributed by atoms with van der Waals surface area (Å²) < 4.78 is 17.9. The molecule has 1 atom stereocenters. The van der Waals surface area contributed by atoms with Crippen LogP contribution >= 0.6 is 0 Å². The van der Waals surface area contributed by atoms with Gasteiger partial charge in [0, 0.05) is 6.07 Å². The van der Waals surface area contributed by atoms with E-state index in [0.717, 1.165) is 12.6 Å². The van der Waals surface area contributed by atoms with E-state index in [1.165, 1.54) is 6.07 Å². The van der Waals surface area contributed by atoms with Gasteiger partial charge in [-0.2, -0.15) is 0 Å². The maximum Gasteiger partial charge on any atom is 0.237 e. The van der Waals surface area contributed by atoms with Gasteiger partial charge in [-0.15, -0.1) is 0 Å². The highest BCUT2D eigenvalue weighted by Gasteiger charge is 2.06. The van der Waals surface area contributed by atoms with Crippen molar-refractivity contribution in [3.05, 3.63) is 18.1 Å². The molecule has 0 aliphatic rings. The Kier molecular flexibility index (Phi) is 3.06. The molecule has 0 amide bonds. The zero-order valence-corrected chi connectivity index (χ0v) is 7.75. The van der Waals surface area contributed by atoms with Gasteiger partial charge >= 0.3 is 0 Å². The van der Waals surface area contributed by atoms with Gasteiger partial charge in [-0.25, -0.2) is 9.37 Å². The van der Waals surface area contributed by atoms with Crippen molar-refractivity contribution < 1.29 is 9.13 Å². The molecule has 3 nitrogen and oxygen atoms in total. The van der Waals surface area contributed by atoms with Crippen molar-refractivity contribution >= 4 is 5.69 Å². The third kappa shape index (κ3) is 2.57. The molecule has 1 aromatic heterocycles. The Morgan fingerprint density at radius 2 is 2.38 bits per heavy atom. The van der Waals surface area contributed by atoms with Crippen molar-refractivity contribution in [2.45, 2.75) is 26.4 Å². The van der Waals surface area contributed by atoms with E-state index >= 15 is 0 Å². The van der Waals surface area contributed by atoms with E-state index < -0.39 is 5.82 Å². The Bertz CT molecular complexity index is 291. The standard InChI is InChI=1S/C9H13FN2O/c1-3-6(2)13-9-8(11)4-7(10)5-12-9/h4-6H,3,11H2,1-2H3. The number of pyridine rings is 1. The van der Waals surface area contributed by atoms with Crippen LogP contribution < -0.4 is 10.5 Å². The molecule has 1 rings (SSSR count). The normalized spacial score (nSPS) is 12.5. The number of aromatic nitrogens is 1. The highest BCUT2D eigenvalue weighted by atomic mass is 19.1. The smallest absolute Gasteiger partial charge is 0.237 e. The van der Waals surface area contributed by atoms with Crippen LogP contribution in [-0.2, 0) is 0 Å². The fraction of sp³-hybridized carbons (Fsp3) is 0.444. The van der Waals surface area contributed by atoms with Crippen LogP contribution in [0.15, 0.2) is 12.3 Å². The lowest BCUT2D eigenvalue weighted by Crippen LogP contribution is -2.12. The van der Waals surface area contributed by atoms with E-state index in [-0.39, 0.29) is 11.8 Å². The van der Waals surface area contributed by atoms with Crippen LogP contribution in [0.3, 0.4) is 0 Å². The molecule has 0 saturated carbocycles. The number of hydrogen-bond donors (Lipinski definition) is 1. The molecule has 1 heterocycles. The van der Waals surface area contributed by atoms with Crippen molar-refractivity contribution in [1.82, 2.24) is 4.98 Å². The minimum absolute atomic E-state index is 0.0419. The third-order valence-electron chi connectivity index (χ3n) is 1.73. The Morgan fingerprint density at radius 3 is 2.92 bits per heavy atom. The maximum atomic E-state index is 12.6. The number of hydrogen-bond acceptors (Lipinski definition) is 3. The van der Waals surface area contributed by atoms with Crippen molar-refractivity contribution in [3.63, 3.8) is 0 Å². The van der Waals surface area contributed by atoms with Crippen molar-refractivity contribution in [2.75, 3.05) is 5.73 Å². The van der Waals surface area contributed by atoms with E-state index in [1.54, 1.807) is 0 Å². The number of nitrogens with zero attached hydrogens (tertiary/aromatic N) is 1. The largest absolute Gasteiger partial charge is 0.473 e. The predicted octanol–water partition coefficient (Wildman–Crippen LogP) is 1.98. The monoisotopic (exact) mass is 184 g/mol. The molecule has 0 bridgehead atoms. The van der Waals surface area contributed by atoms with Gasteiger partial charge in [0.15, 0.2) is 0 Å². The minimum Gasteiger partial charge on any atom is -0.473 e. The molecule has 0 aromatic carbocycles. The first-order chi connectivity index (χ1) is 6.13. The highest BCUT2D eigenvalue weighted by molar-refractivity contribution is 5.47. The predicted molar refractivity (Wildman–Crippen MR) is 49.0 cm³/mol. The quantitative estimate of drug-likeness (QED) is 0.781. The van der Waals surface area contributed by atoms with Crippen LogP contribution in [0.25, 0.3) is 0 Å². The number of halogens is 1. The summed E-state index contributed by atoms with van der Waals surface area (Å²) in [6.45, 7) is 3.90. The molecule has 1 aromatic rings. The molecule has 0 spiro atoms. The molecule has 1 unspecified atom stereocenters. The first-order valence-corrected chi connectivity index (χ1v) is 4.21. The summed E-state index contributed by atoms with van der Waals surface area (Å²) in [5.41, 5.74) is 5.73. The van der Waals surface area contributed by atoms with E-state index in [1.807, 2.05) is 13.8 Å². The summed E-state index contributed by atoms with van der Waals surface area (Å²) >= 11 is 0. The number of rotatable bonds is 3. The summed E-state index contributed by atoms with van der Waals surface area (Å²) in [7, 11) is 0. The van der Waals surface area contributed by atoms with Gasteiger partial charge < -0.3 is 10.5 Å². The van der Waals surface area contributed by atoms with Gasteiger partial charge in [-0.1, -0.05) is 6.92 Å². The van der Waals surface area contributed by atoms with E-state index in [0.29, 0.717) is 5.88 Å². The second-order valence-electron chi connectivity index (χ2n) is 2.88. The Morgan fingerprint density at radius 1 is 1.69 bits per heavy atom. The molecule has 0 aliphatic carbocycles. The van der Waals surface area contributed by atoms with E-state index in [9.17, 15) is 4.39 Å². The lowest BCUT2D eigenvalue weighted by atomic mass is 10.3. The summed E-state index contributed by atoms with van der Waals surface area (Å²) in [4.78, 5) is 3.74. The summed E-state index contributed by atoms with van der Waals surface area (Å²) in [6.07, 6.45) is 1.99. The minimum atomic E-state index is -0.450. The van der Waals surface area contributed by atoms with Crippen LogP contribution in [0.1, 0.15) is 20.3 Å². The molecule has 0 saturated heterocycles. The highest BCUT2D eigenvalue weighted by Crippen LogP contribution is 2.19. The van der Waals surface area contributed by atoms with Gasteiger partial charge in [-0.3, -0.25) is 0 Å². The number of ether oxygens (including phenoxy) is 1. The van der Waals surface area contributed by atoms with Crippen molar-refractivity contribution in [1.29, 1.82) is 0 Å². The first kappa shape index (κ1) is 9.77. The number of anilines is 1. The fourth-order valence-corrected chi connectivity index (χ4v) is 0.815. The van der Waals surface area contributed by atoms with Gasteiger partial charge in [0.05, 0.1) is 18.0 Å². The second-order valence-corrected chi connectivity index (χ2v) is 2.88. The summed E-state index contributed by atoms with van der Waals surface area (Å²) in [5, 5.41) is 0. The molecule has 13 heavy (non-hydrogen) atoms. The average molecular weight is 184 g/mol. The number of nitrogens with two attached hydrogens (primary N) is 1. The molecule has 72 valence electrons. The molecule has 0 aliphatic heterocycles. The van der Waals surface area contributed by atoms with Gasteiger partial charge in [-0.05, 0) is 13.3 Å². The fourth-order valence-electron chi connectivity index (χ4n) is 0.815. The van der Waals surface area contributed by atoms with Crippen LogP contribution in [-0.4, -0.2) is 11.1 Å². The van der Waals surface area contributed by atoms with Crippen molar-refractivity contribution in [3.8, 4) is 5.88 Å². The SMILES string of the molecule is CCC(C)Oc1ncc(F)cc1N. The molecule has 2 N–H and O–H groups in total. The van der Waals surface area contributed by atoms with Gasteiger partial charge in [0.25, 0.3) is 0 Å². The molecule has 0 fully saturated rings. The molecule has 0 radical (unpaired) electrons. The molecular formula is C9H13FN2O. The first-order valence-electron chi connectivity index (χ1n) is 4.21. The summed E-state index contributed by atoms with van der Waals surface area (Å²) in [5.74, 6) is -0.148. The lowest BCUT2D eigenvalue weighted by molar-refractivity contribution is 0.209. The van der Waals surface area contributed by atoms with Crippen LogP contribution in [0.4, 0.5) is 10.1 Å². The Labute approximate surface area is 76.7 Å². The topological polar surface area (TPSA) is 48.1 Å².